The number of aliphatic hydroxyl groups is 1. The minimum absolute atomic E-state index is 0.000669. The molecule has 0 aromatic heterocycles. The highest BCUT2D eigenvalue weighted by Crippen LogP contribution is 2.17. The van der Waals surface area contributed by atoms with Crippen molar-refractivity contribution in [3.05, 3.63) is 29.3 Å². The summed E-state index contributed by atoms with van der Waals surface area (Å²) in [7, 11) is 0. The van der Waals surface area contributed by atoms with E-state index in [2.05, 4.69) is 0 Å². The number of ether oxygens (including phenoxy) is 1. The zero-order valence-electron chi connectivity index (χ0n) is 9.40. The number of aryl methyl sites for hydroxylation is 1. The predicted molar refractivity (Wildman–Crippen MR) is 61.0 cm³/mol. The molecule has 0 heterocycles. The normalized spacial score (nSPS) is 10.1. The minimum Gasteiger partial charge on any atom is -0.494 e. The molecular weight excluding hydrogens is 206 g/mol. The monoisotopic (exact) mass is 223 g/mol. The number of rotatable bonds is 6. The van der Waals surface area contributed by atoms with Crippen LogP contribution in [0.4, 0.5) is 0 Å². The zero-order valence-corrected chi connectivity index (χ0v) is 9.40. The topological polar surface area (TPSA) is 72.6 Å². The van der Waals surface area contributed by atoms with Crippen molar-refractivity contribution in [1.82, 2.24) is 0 Å². The van der Waals surface area contributed by atoms with E-state index in [0.717, 1.165) is 11.1 Å². The summed E-state index contributed by atoms with van der Waals surface area (Å²) in [6, 6.07) is 5.58. The first-order valence-corrected chi connectivity index (χ1v) is 5.24. The van der Waals surface area contributed by atoms with Crippen molar-refractivity contribution in [2.24, 2.45) is 5.73 Å². The van der Waals surface area contributed by atoms with Gasteiger partial charge in [-0.05, 0) is 36.6 Å². The molecule has 0 spiro atoms. The second kappa shape index (κ2) is 6.12. The van der Waals surface area contributed by atoms with E-state index in [1.54, 1.807) is 6.07 Å². The average Bonchev–Trinajstić information content (AvgIpc) is 2.23. The standard InChI is InChI=1S/C12H17NO3/c1-9-5-10(8-14)7-11(6-9)16-4-2-3-12(13)15/h5-7,14H,2-4,8H2,1H3,(H2,13,15). The maximum Gasteiger partial charge on any atom is 0.217 e. The Balaban J connectivity index is 2.47. The van der Waals surface area contributed by atoms with Crippen molar-refractivity contribution in [1.29, 1.82) is 0 Å². The van der Waals surface area contributed by atoms with Gasteiger partial charge in [-0.1, -0.05) is 6.07 Å². The summed E-state index contributed by atoms with van der Waals surface area (Å²) in [6.07, 6.45) is 0.941. The number of hydrogen-bond donors (Lipinski definition) is 2. The first kappa shape index (κ1) is 12.5. The van der Waals surface area contributed by atoms with Gasteiger partial charge in [0.15, 0.2) is 0 Å². The molecule has 0 aliphatic carbocycles. The lowest BCUT2D eigenvalue weighted by molar-refractivity contribution is -0.118. The van der Waals surface area contributed by atoms with Crippen LogP contribution in [0.25, 0.3) is 0 Å². The van der Waals surface area contributed by atoms with Gasteiger partial charge in [-0.15, -0.1) is 0 Å². The van der Waals surface area contributed by atoms with Crippen LogP contribution in [-0.4, -0.2) is 17.6 Å². The van der Waals surface area contributed by atoms with Crippen molar-refractivity contribution in [2.75, 3.05) is 6.61 Å². The summed E-state index contributed by atoms with van der Waals surface area (Å²) in [5, 5.41) is 9.01. The molecule has 0 aliphatic rings. The third-order valence-corrected chi connectivity index (χ3v) is 2.13. The Hall–Kier alpha value is -1.55. The fourth-order valence-corrected chi connectivity index (χ4v) is 1.44. The first-order chi connectivity index (χ1) is 7.61. The second-order valence-corrected chi connectivity index (χ2v) is 3.73. The SMILES string of the molecule is Cc1cc(CO)cc(OCCCC(N)=O)c1. The number of benzene rings is 1. The molecule has 3 N–H and O–H groups in total. The number of carbonyl (C=O) groups is 1. The van der Waals surface area contributed by atoms with E-state index in [0.29, 0.717) is 25.2 Å². The van der Waals surface area contributed by atoms with Crippen LogP contribution >= 0.6 is 0 Å². The molecule has 0 saturated carbocycles. The van der Waals surface area contributed by atoms with Crippen LogP contribution in [0, 0.1) is 6.92 Å². The third-order valence-electron chi connectivity index (χ3n) is 2.13. The number of aliphatic hydroxyl groups excluding tert-OH is 1. The lowest BCUT2D eigenvalue weighted by Crippen LogP contribution is -2.11. The number of carbonyl (C=O) groups excluding carboxylic acids is 1. The van der Waals surface area contributed by atoms with E-state index in [9.17, 15) is 4.79 Å². The fourth-order valence-electron chi connectivity index (χ4n) is 1.44. The lowest BCUT2D eigenvalue weighted by atomic mass is 10.1. The second-order valence-electron chi connectivity index (χ2n) is 3.73. The van der Waals surface area contributed by atoms with Crippen molar-refractivity contribution in [2.45, 2.75) is 26.4 Å². The largest absolute Gasteiger partial charge is 0.494 e. The van der Waals surface area contributed by atoms with Crippen LogP contribution in [0.3, 0.4) is 0 Å². The van der Waals surface area contributed by atoms with Gasteiger partial charge < -0.3 is 15.6 Å². The van der Waals surface area contributed by atoms with Crippen LogP contribution in [0.1, 0.15) is 24.0 Å². The van der Waals surface area contributed by atoms with Crippen LogP contribution < -0.4 is 10.5 Å². The average molecular weight is 223 g/mol. The van der Waals surface area contributed by atoms with Gasteiger partial charge in [0, 0.05) is 6.42 Å². The Morgan fingerprint density at radius 1 is 1.44 bits per heavy atom. The first-order valence-electron chi connectivity index (χ1n) is 5.24. The molecule has 88 valence electrons. The molecule has 16 heavy (non-hydrogen) atoms. The molecule has 0 saturated heterocycles. The van der Waals surface area contributed by atoms with E-state index < -0.39 is 0 Å². The van der Waals surface area contributed by atoms with Crippen molar-refractivity contribution < 1.29 is 14.6 Å². The van der Waals surface area contributed by atoms with Crippen LogP contribution in [0.15, 0.2) is 18.2 Å². The molecule has 0 unspecified atom stereocenters. The summed E-state index contributed by atoms with van der Waals surface area (Å²) in [5.74, 6) is 0.400. The highest BCUT2D eigenvalue weighted by Gasteiger charge is 2.00. The maximum atomic E-state index is 10.5. The highest BCUT2D eigenvalue weighted by molar-refractivity contribution is 5.73. The van der Waals surface area contributed by atoms with Crippen molar-refractivity contribution >= 4 is 5.91 Å². The molecular formula is C12H17NO3. The lowest BCUT2D eigenvalue weighted by Gasteiger charge is -2.08. The number of hydrogen-bond acceptors (Lipinski definition) is 3. The molecule has 4 nitrogen and oxygen atoms in total. The summed E-state index contributed by atoms with van der Waals surface area (Å²) in [4.78, 5) is 10.5. The van der Waals surface area contributed by atoms with Crippen LogP contribution in [0.2, 0.25) is 0 Å². The Morgan fingerprint density at radius 3 is 2.81 bits per heavy atom. The van der Waals surface area contributed by atoms with E-state index in [1.807, 2.05) is 19.1 Å². The minimum atomic E-state index is -0.316. The number of primary amides is 1. The fraction of sp³-hybridized carbons (Fsp3) is 0.417. The Morgan fingerprint density at radius 2 is 2.19 bits per heavy atom. The van der Waals surface area contributed by atoms with Gasteiger partial charge in [-0.25, -0.2) is 0 Å². The molecule has 4 heteroatoms. The molecule has 1 aromatic carbocycles. The molecule has 0 fully saturated rings. The number of amides is 1. The van der Waals surface area contributed by atoms with Crippen LogP contribution in [-0.2, 0) is 11.4 Å². The van der Waals surface area contributed by atoms with Crippen molar-refractivity contribution in [3.63, 3.8) is 0 Å². The molecule has 1 aromatic rings. The molecule has 1 rings (SSSR count). The Labute approximate surface area is 95.0 Å². The summed E-state index contributed by atoms with van der Waals surface area (Å²) >= 11 is 0. The molecule has 0 atom stereocenters. The van der Waals surface area contributed by atoms with E-state index in [1.165, 1.54) is 0 Å². The van der Waals surface area contributed by atoms with Crippen LogP contribution in [0.5, 0.6) is 5.75 Å². The van der Waals surface area contributed by atoms with Gasteiger partial charge in [-0.2, -0.15) is 0 Å². The Bertz CT molecular complexity index is 363. The molecule has 0 aliphatic heterocycles. The van der Waals surface area contributed by atoms with Gasteiger partial charge in [-0.3, -0.25) is 4.79 Å². The van der Waals surface area contributed by atoms with Gasteiger partial charge in [0.1, 0.15) is 5.75 Å². The molecule has 1 amide bonds. The van der Waals surface area contributed by atoms with Gasteiger partial charge in [0.2, 0.25) is 5.91 Å². The van der Waals surface area contributed by atoms with Gasteiger partial charge >= 0.3 is 0 Å². The number of nitrogens with two attached hydrogens (primary N) is 1. The van der Waals surface area contributed by atoms with E-state index in [4.69, 9.17) is 15.6 Å². The zero-order chi connectivity index (χ0) is 12.0. The molecule has 0 radical (unpaired) electrons. The predicted octanol–water partition coefficient (Wildman–Crippen LogP) is 1.13. The Kier molecular flexibility index (Phi) is 4.79. The van der Waals surface area contributed by atoms with Gasteiger partial charge in [0.25, 0.3) is 0 Å². The smallest absolute Gasteiger partial charge is 0.217 e. The highest BCUT2D eigenvalue weighted by atomic mass is 16.5. The van der Waals surface area contributed by atoms with E-state index >= 15 is 0 Å². The summed E-state index contributed by atoms with van der Waals surface area (Å²) in [6.45, 7) is 2.39. The summed E-state index contributed by atoms with van der Waals surface area (Å²) in [5.41, 5.74) is 6.88. The van der Waals surface area contributed by atoms with Crippen molar-refractivity contribution in [3.8, 4) is 5.75 Å². The van der Waals surface area contributed by atoms with Gasteiger partial charge in [0.05, 0.1) is 13.2 Å². The quantitative estimate of drug-likeness (QED) is 0.710. The summed E-state index contributed by atoms with van der Waals surface area (Å²) < 4.78 is 5.46. The van der Waals surface area contributed by atoms with E-state index in [-0.39, 0.29) is 12.5 Å². The maximum absolute atomic E-state index is 10.5. The third kappa shape index (κ3) is 4.31. The molecule has 0 bridgehead atoms.